The zero-order valence-electron chi connectivity index (χ0n) is 16.6. The van der Waals surface area contributed by atoms with Crippen molar-refractivity contribution in [3.05, 3.63) is 75.9 Å². The molecule has 0 fully saturated rings. The smallest absolute Gasteiger partial charge is 0.325 e. The van der Waals surface area contributed by atoms with E-state index < -0.39 is 17.6 Å². The minimum Gasteiger partial charge on any atom is -0.325 e. The summed E-state index contributed by atoms with van der Waals surface area (Å²) >= 11 is 2.35. The number of anilines is 1. The van der Waals surface area contributed by atoms with Crippen LogP contribution in [0, 0.1) is 0 Å². The van der Waals surface area contributed by atoms with Crippen LogP contribution in [0.1, 0.15) is 5.56 Å². The minimum atomic E-state index is -4.50. The van der Waals surface area contributed by atoms with Crippen molar-refractivity contribution >= 4 is 44.9 Å². The molecule has 0 aliphatic heterocycles. The molecule has 32 heavy (non-hydrogen) atoms. The molecule has 0 unspecified atom stereocenters. The minimum absolute atomic E-state index is 0.0481. The Kier molecular flexibility index (Phi) is 6.07. The maximum atomic E-state index is 12.9. The number of fused-ring (bicyclic) bond motifs is 1. The van der Waals surface area contributed by atoms with Gasteiger partial charge < -0.3 is 5.32 Å². The fourth-order valence-electron chi connectivity index (χ4n) is 3.08. The molecule has 4 rings (SSSR count). The molecular formula is C22H16F3N3O2S2. The zero-order valence-corrected chi connectivity index (χ0v) is 18.3. The molecule has 4 aromatic rings. The summed E-state index contributed by atoms with van der Waals surface area (Å²) in [5.74, 6) is -0.621. The highest BCUT2D eigenvalue weighted by molar-refractivity contribution is 7.99. The molecule has 0 spiro atoms. The molecule has 2 heterocycles. The molecule has 2 aromatic heterocycles. The van der Waals surface area contributed by atoms with Gasteiger partial charge in [0.25, 0.3) is 5.56 Å². The topological polar surface area (TPSA) is 64.0 Å². The van der Waals surface area contributed by atoms with Crippen LogP contribution in [0.2, 0.25) is 0 Å². The fourth-order valence-corrected chi connectivity index (χ4v) is 4.83. The second-order valence-corrected chi connectivity index (χ2v) is 8.69. The normalized spacial score (nSPS) is 11.6. The van der Waals surface area contributed by atoms with Crippen molar-refractivity contribution < 1.29 is 18.0 Å². The molecule has 2 aromatic carbocycles. The number of nitrogens with one attached hydrogen (secondary N) is 1. The van der Waals surface area contributed by atoms with Crippen molar-refractivity contribution in [3.8, 4) is 11.1 Å². The molecule has 0 aliphatic rings. The zero-order chi connectivity index (χ0) is 22.9. The lowest BCUT2D eigenvalue weighted by molar-refractivity contribution is -0.137. The van der Waals surface area contributed by atoms with E-state index in [1.165, 1.54) is 28.0 Å². The third kappa shape index (κ3) is 4.56. The molecule has 0 bridgehead atoms. The van der Waals surface area contributed by atoms with Gasteiger partial charge in [0, 0.05) is 23.7 Å². The van der Waals surface area contributed by atoms with E-state index in [1.54, 1.807) is 7.05 Å². The third-order valence-electron chi connectivity index (χ3n) is 4.65. The molecule has 0 radical (unpaired) electrons. The lowest BCUT2D eigenvalue weighted by atomic mass is 10.1. The maximum absolute atomic E-state index is 12.9. The highest BCUT2D eigenvalue weighted by atomic mass is 32.2. The summed E-state index contributed by atoms with van der Waals surface area (Å²) in [6.45, 7) is 0. The summed E-state index contributed by atoms with van der Waals surface area (Å²) in [5, 5.41) is 4.68. The van der Waals surface area contributed by atoms with Crippen molar-refractivity contribution in [2.24, 2.45) is 7.05 Å². The van der Waals surface area contributed by atoms with Crippen LogP contribution < -0.4 is 10.9 Å². The number of thioether (sulfide) groups is 1. The molecule has 1 N–H and O–H groups in total. The Hall–Kier alpha value is -3.11. The molecular weight excluding hydrogens is 459 g/mol. The summed E-state index contributed by atoms with van der Waals surface area (Å²) in [6, 6.07) is 14.0. The van der Waals surface area contributed by atoms with E-state index in [1.807, 2.05) is 35.7 Å². The Morgan fingerprint density at radius 1 is 1.16 bits per heavy atom. The van der Waals surface area contributed by atoms with Gasteiger partial charge in [-0.1, -0.05) is 48.2 Å². The van der Waals surface area contributed by atoms with Gasteiger partial charge in [-0.15, -0.1) is 11.3 Å². The van der Waals surface area contributed by atoms with E-state index >= 15 is 0 Å². The van der Waals surface area contributed by atoms with Crippen LogP contribution in [-0.4, -0.2) is 21.2 Å². The van der Waals surface area contributed by atoms with Gasteiger partial charge in [0.1, 0.15) is 4.70 Å². The van der Waals surface area contributed by atoms with E-state index in [9.17, 15) is 22.8 Å². The highest BCUT2D eigenvalue weighted by Crippen LogP contribution is 2.33. The number of amides is 1. The van der Waals surface area contributed by atoms with Gasteiger partial charge in [0.15, 0.2) is 5.16 Å². The van der Waals surface area contributed by atoms with Crippen LogP contribution in [0.25, 0.3) is 21.3 Å². The van der Waals surface area contributed by atoms with E-state index in [-0.39, 0.29) is 17.0 Å². The van der Waals surface area contributed by atoms with Crippen molar-refractivity contribution in [1.29, 1.82) is 0 Å². The molecule has 0 saturated carbocycles. The van der Waals surface area contributed by atoms with Crippen LogP contribution >= 0.6 is 23.1 Å². The monoisotopic (exact) mass is 475 g/mol. The first-order chi connectivity index (χ1) is 15.2. The first-order valence-electron chi connectivity index (χ1n) is 9.37. The predicted octanol–water partition coefficient (Wildman–Crippen LogP) is 5.41. The van der Waals surface area contributed by atoms with Gasteiger partial charge in [-0.25, -0.2) is 4.98 Å². The second-order valence-electron chi connectivity index (χ2n) is 6.87. The fraction of sp³-hybridized carbons (Fsp3) is 0.136. The highest BCUT2D eigenvalue weighted by Gasteiger charge is 2.30. The SMILES string of the molecule is Cn1c(SCC(=O)Nc2cccc(C(F)(F)F)c2)nc2c(-c3ccccc3)csc2c1=O. The number of hydrogen-bond donors (Lipinski definition) is 1. The number of aromatic nitrogens is 2. The first kappa shape index (κ1) is 22.1. The molecule has 0 saturated heterocycles. The van der Waals surface area contributed by atoms with Crippen molar-refractivity contribution in [2.75, 3.05) is 11.1 Å². The molecule has 0 atom stereocenters. The molecule has 10 heteroatoms. The largest absolute Gasteiger partial charge is 0.416 e. The number of nitrogens with zero attached hydrogens (tertiary/aromatic N) is 2. The average molecular weight is 476 g/mol. The van der Waals surface area contributed by atoms with Gasteiger partial charge in [0.05, 0.1) is 16.8 Å². The average Bonchev–Trinajstić information content (AvgIpc) is 3.19. The van der Waals surface area contributed by atoms with Gasteiger partial charge in [-0.2, -0.15) is 13.2 Å². The summed E-state index contributed by atoms with van der Waals surface area (Å²) in [4.78, 5) is 29.7. The summed E-state index contributed by atoms with van der Waals surface area (Å²) < 4.78 is 40.5. The number of hydrogen-bond acceptors (Lipinski definition) is 5. The van der Waals surface area contributed by atoms with E-state index in [0.717, 1.165) is 35.0 Å². The molecule has 5 nitrogen and oxygen atoms in total. The van der Waals surface area contributed by atoms with Crippen LogP contribution in [0.4, 0.5) is 18.9 Å². The number of carbonyl (C=O) groups excluding carboxylic acids is 1. The Morgan fingerprint density at radius 3 is 2.62 bits per heavy atom. The van der Waals surface area contributed by atoms with Crippen LogP contribution in [0.3, 0.4) is 0 Å². The quantitative estimate of drug-likeness (QED) is 0.310. The number of benzene rings is 2. The third-order valence-corrected chi connectivity index (χ3v) is 6.64. The standard InChI is InChI=1S/C22H16F3N3O2S2/c1-28-20(30)19-18(16(11-31-19)13-6-3-2-4-7-13)27-21(28)32-12-17(29)26-15-9-5-8-14(10-15)22(23,24)25/h2-11H,12H2,1H3,(H,26,29). The van der Waals surface area contributed by atoms with Crippen molar-refractivity contribution in [1.82, 2.24) is 9.55 Å². The first-order valence-corrected chi connectivity index (χ1v) is 11.2. The van der Waals surface area contributed by atoms with Gasteiger partial charge in [-0.3, -0.25) is 14.2 Å². The van der Waals surface area contributed by atoms with E-state index in [4.69, 9.17) is 0 Å². The summed E-state index contributed by atoms with van der Waals surface area (Å²) in [6.07, 6.45) is -4.50. The Morgan fingerprint density at radius 2 is 1.91 bits per heavy atom. The van der Waals surface area contributed by atoms with Crippen molar-refractivity contribution in [2.45, 2.75) is 11.3 Å². The number of carbonyl (C=O) groups is 1. The van der Waals surface area contributed by atoms with Crippen LogP contribution in [0.15, 0.2) is 69.9 Å². The lowest BCUT2D eigenvalue weighted by Crippen LogP contribution is -2.21. The van der Waals surface area contributed by atoms with Gasteiger partial charge in [0.2, 0.25) is 5.91 Å². The van der Waals surface area contributed by atoms with Crippen LogP contribution in [0.5, 0.6) is 0 Å². The molecule has 164 valence electrons. The van der Waals surface area contributed by atoms with Gasteiger partial charge in [-0.05, 0) is 23.8 Å². The van der Waals surface area contributed by atoms with Crippen LogP contribution in [-0.2, 0) is 18.0 Å². The number of thiophene rings is 1. The summed E-state index contributed by atoms with van der Waals surface area (Å²) in [7, 11) is 1.57. The Bertz CT molecular complexity index is 1350. The van der Waals surface area contributed by atoms with E-state index in [0.29, 0.717) is 15.4 Å². The maximum Gasteiger partial charge on any atom is 0.416 e. The molecule has 0 aliphatic carbocycles. The Balaban J connectivity index is 1.55. The van der Waals surface area contributed by atoms with Crippen molar-refractivity contribution in [3.63, 3.8) is 0 Å². The number of rotatable bonds is 5. The summed E-state index contributed by atoms with van der Waals surface area (Å²) in [5.41, 5.74) is 1.31. The number of alkyl halides is 3. The lowest BCUT2D eigenvalue weighted by Gasteiger charge is -2.10. The predicted molar refractivity (Wildman–Crippen MR) is 121 cm³/mol. The Labute approximate surface area is 188 Å². The van der Waals surface area contributed by atoms with E-state index in [2.05, 4.69) is 10.3 Å². The molecule has 1 amide bonds. The number of halogens is 3. The van der Waals surface area contributed by atoms with Gasteiger partial charge >= 0.3 is 6.18 Å². The second kappa shape index (κ2) is 8.79.